The minimum Gasteiger partial charge on any atom is -1.00 e. The van der Waals surface area contributed by atoms with Gasteiger partial charge in [-0.05, 0) is 0 Å². The molecule has 1 rings (SSSR count). The molecule has 0 aliphatic rings. The molecule has 0 amide bonds. The Bertz CT molecular complexity index is 43.8. The molecule has 1 aromatic heterocycles. The van der Waals surface area contributed by atoms with Crippen molar-refractivity contribution >= 4 is 8.59 Å². The first-order chi connectivity index (χ1) is 1.50. The Labute approximate surface area is 58.6 Å². The quantitative estimate of drug-likeness (QED) is 0.309. The Hall–Kier alpha value is 1.09. The van der Waals surface area contributed by atoms with E-state index < -0.39 is 0 Å². The minimum absolute atomic E-state index is 0. The van der Waals surface area contributed by atoms with Crippen LogP contribution in [0, 0.1) is 0 Å². The average molecular weight is 78.9 g/mol. The van der Waals surface area contributed by atoms with Crippen LogP contribution in [0.4, 0.5) is 0 Å². The van der Waals surface area contributed by atoms with Crippen LogP contribution in [0.25, 0.3) is 0 Å². The van der Waals surface area contributed by atoms with Crippen molar-refractivity contribution in [2.45, 2.75) is 0 Å². The number of hydrogen-bond donors (Lipinski definition) is 1. The maximum absolute atomic E-state index is 4.28. The predicted molar refractivity (Wildman–Crippen MR) is 14.8 cm³/mol. The van der Waals surface area contributed by atoms with Crippen LogP contribution in [0.15, 0.2) is 4.30 Å². The topological polar surface area (TPSA) is 28.9 Å². The molecule has 0 spiro atoms. The Kier molecular flexibility index (Phi) is 9.61. The second-order valence-electron chi connectivity index (χ2n) is 0.306. The van der Waals surface area contributed by atoms with Gasteiger partial charge in [-0.15, -0.1) is 0 Å². The Morgan fingerprint density at radius 1 is 1.60 bits per heavy atom. The molecule has 1 atom stereocenters. The van der Waals surface area contributed by atoms with Crippen molar-refractivity contribution in [3.05, 3.63) is 0 Å². The summed E-state index contributed by atoms with van der Waals surface area (Å²) in [5.41, 5.74) is 0. The number of aromatic amines is 1. The van der Waals surface area contributed by atoms with Crippen LogP contribution in [0.2, 0.25) is 0 Å². The number of H-pyrrole nitrogens is 1. The van der Waals surface area contributed by atoms with Gasteiger partial charge in [-0.2, -0.15) is 4.92 Å². The Morgan fingerprint density at radius 2 is 1.80 bits per heavy atom. The molecule has 1 unspecified atom stereocenters. The van der Waals surface area contributed by atoms with Crippen molar-refractivity contribution in [2.24, 2.45) is 0 Å². The zero-order valence-corrected chi connectivity index (χ0v) is 4.41. The summed E-state index contributed by atoms with van der Waals surface area (Å²) < 4.78 is 4.28. The van der Waals surface area contributed by atoms with Crippen LogP contribution in [0.3, 0.4) is 0 Å². The van der Waals surface area contributed by atoms with Gasteiger partial charge in [0, 0.05) is 0 Å². The van der Waals surface area contributed by atoms with Crippen molar-refractivity contribution in [3.8, 4) is 0 Å². The van der Waals surface area contributed by atoms with Gasteiger partial charge in [-0.1, -0.05) is 0 Å². The van der Waals surface area contributed by atoms with E-state index in [1.165, 1.54) is 0 Å². The van der Waals surface area contributed by atoms with E-state index in [0.29, 0.717) is 8.59 Å². The molecule has 1 aromatic rings. The van der Waals surface area contributed by atoms with Crippen LogP contribution < -0.4 is 37.7 Å². The van der Waals surface area contributed by atoms with Gasteiger partial charge < -0.3 is 7.16 Å². The van der Waals surface area contributed by atoms with E-state index in [1.807, 2.05) is 0 Å². The third-order valence-corrected chi connectivity index (χ3v) is 0.306. The van der Waals surface area contributed by atoms with Crippen LogP contribution in [-0.4, -0.2) is 4.92 Å². The predicted octanol–water partition coefficient (Wildman–Crippen LogP) is -5.13. The first-order valence-corrected chi connectivity index (χ1v) is 1.57. The van der Waals surface area contributed by atoms with Gasteiger partial charge in [-0.25, -0.2) is 0 Å². The molecular formula is H4Li2NOP. The van der Waals surface area contributed by atoms with Crippen molar-refractivity contribution in [1.29, 1.82) is 0 Å². The van der Waals surface area contributed by atoms with E-state index in [1.54, 1.807) is 0 Å². The van der Waals surface area contributed by atoms with E-state index in [2.05, 4.69) is 9.22 Å². The van der Waals surface area contributed by atoms with Gasteiger partial charge in [0.05, 0.1) is 0 Å². The van der Waals surface area contributed by atoms with Gasteiger partial charge in [-0.3, -0.25) is 0 Å². The molecule has 0 aromatic carbocycles. The maximum atomic E-state index is 4.28. The number of rotatable bonds is 0. The molecule has 0 aliphatic carbocycles. The fourth-order valence-corrected chi connectivity index (χ4v) is 0. The summed E-state index contributed by atoms with van der Waals surface area (Å²) in [6.45, 7) is 0. The molecule has 0 saturated carbocycles. The van der Waals surface area contributed by atoms with Gasteiger partial charge >= 0.3 is 37.7 Å². The SMILES string of the molecule is [H-].[H-].[Li+].[Li+].[nH]1o[pH]1. The van der Waals surface area contributed by atoms with Gasteiger partial charge in [0.1, 0.15) is 0 Å². The summed E-state index contributed by atoms with van der Waals surface area (Å²) >= 11 is 0. The van der Waals surface area contributed by atoms with Crippen molar-refractivity contribution < 1.29 is 44.9 Å². The van der Waals surface area contributed by atoms with E-state index in [0.717, 1.165) is 0 Å². The van der Waals surface area contributed by atoms with Gasteiger partial charge in [0.15, 0.2) is 8.59 Å². The Morgan fingerprint density at radius 3 is 1.80 bits per heavy atom. The molecule has 5 heavy (non-hydrogen) atoms. The third kappa shape index (κ3) is 11.1. The Balaban J connectivity index is -0.0000000112. The molecule has 1 heterocycles. The van der Waals surface area contributed by atoms with Crippen LogP contribution >= 0.6 is 8.59 Å². The summed E-state index contributed by atoms with van der Waals surface area (Å²) in [4.78, 5) is 2.53. The molecule has 22 valence electrons. The maximum Gasteiger partial charge on any atom is 1.00 e. The molecule has 0 fully saturated rings. The fraction of sp³-hybridized carbons (Fsp3) is 0. The van der Waals surface area contributed by atoms with Crippen LogP contribution in [0.5, 0.6) is 0 Å². The second-order valence-corrected chi connectivity index (χ2v) is 0.919. The van der Waals surface area contributed by atoms with Crippen molar-refractivity contribution in [3.63, 3.8) is 0 Å². The zero-order chi connectivity index (χ0) is 2.12. The van der Waals surface area contributed by atoms with E-state index in [4.69, 9.17) is 0 Å². The molecule has 1 N–H and O–H groups in total. The monoisotopic (exact) mass is 79.0 g/mol. The third-order valence-electron chi connectivity index (χ3n) is 0.102. The molecule has 0 radical (unpaired) electrons. The van der Waals surface area contributed by atoms with E-state index in [9.17, 15) is 0 Å². The summed E-state index contributed by atoms with van der Waals surface area (Å²) in [5.74, 6) is 0. The summed E-state index contributed by atoms with van der Waals surface area (Å²) in [6, 6.07) is 0. The number of hydrogen-bond acceptors (Lipinski definition) is 1. The number of nitrogens with one attached hydrogen (secondary N) is 1. The zero-order valence-electron chi connectivity index (χ0n) is 5.41. The largest absolute Gasteiger partial charge is 1.00 e. The molecule has 5 heteroatoms. The first kappa shape index (κ1) is 9.44. The van der Waals surface area contributed by atoms with Gasteiger partial charge in [0.25, 0.3) is 0 Å². The van der Waals surface area contributed by atoms with Gasteiger partial charge in [0.2, 0.25) is 0 Å². The standard InChI is InChI=1S/2Li.H2NOP.2H/c;;1-2-3-1;;/h;;1,3H;;/q2*+1;;2*-1. The molecule has 0 bridgehead atoms. The molecule has 2 nitrogen and oxygen atoms in total. The molecular weight excluding hydrogens is 74.9 g/mol. The van der Waals surface area contributed by atoms with Crippen molar-refractivity contribution in [1.82, 2.24) is 4.92 Å². The molecule has 0 saturated heterocycles. The smallest absolute Gasteiger partial charge is 1.00 e. The van der Waals surface area contributed by atoms with E-state index in [-0.39, 0.29) is 40.6 Å². The number of aromatic nitrogens is 1. The van der Waals surface area contributed by atoms with Crippen molar-refractivity contribution in [2.75, 3.05) is 0 Å². The average Bonchev–Trinajstić information content (AvgIpc) is 1.46. The normalized spacial score (nSPS) is 6.40. The van der Waals surface area contributed by atoms with Crippen LogP contribution in [0.1, 0.15) is 2.85 Å². The summed E-state index contributed by atoms with van der Waals surface area (Å²) in [7, 11) is 0.583. The minimum atomic E-state index is 0. The summed E-state index contributed by atoms with van der Waals surface area (Å²) in [5, 5.41) is 0. The second kappa shape index (κ2) is 5.09. The summed E-state index contributed by atoms with van der Waals surface area (Å²) in [6.07, 6.45) is 0. The van der Waals surface area contributed by atoms with E-state index >= 15 is 0 Å². The molecule has 0 aliphatic heterocycles. The first-order valence-electron chi connectivity index (χ1n) is 0.658. The van der Waals surface area contributed by atoms with Crippen LogP contribution in [-0.2, 0) is 0 Å². The fourth-order valence-electron chi connectivity index (χ4n) is 0.